The van der Waals surface area contributed by atoms with Gasteiger partial charge in [-0.15, -0.1) is 0 Å². The molecule has 1 aliphatic heterocycles. The Bertz CT molecular complexity index is 441. The van der Waals surface area contributed by atoms with E-state index in [0.29, 0.717) is 24.9 Å². The molecule has 6 nitrogen and oxygen atoms in total. The molecule has 22 heavy (non-hydrogen) atoms. The van der Waals surface area contributed by atoms with Crippen LogP contribution < -0.4 is 10.6 Å². The van der Waals surface area contributed by atoms with Gasteiger partial charge in [0.15, 0.2) is 0 Å². The topological polar surface area (TPSA) is 68.2 Å². The number of carbonyl (C=O) groups excluding carboxylic acids is 1. The Kier molecular flexibility index (Phi) is 7.39. The van der Waals surface area contributed by atoms with Crippen LogP contribution in [0.5, 0.6) is 0 Å². The molecule has 1 unspecified atom stereocenters. The lowest BCUT2D eigenvalue weighted by atomic mass is 10.1. The lowest BCUT2D eigenvalue weighted by Crippen LogP contribution is -2.32. The zero-order valence-corrected chi connectivity index (χ0v) is 13.5. The van der Waals surface area contributed by atoms with E-state index in [-0.39, 0.29) is 5.91 Å². The minimum absolute atomic E-state index is 0.101. The maximum absolute atomic E-state index is 12.0. The van der Waals surface area contributed by atoms with E-state index >= 15 is 0 Å². The van der Waals surface area contributed by atoms with Gasteiger partial charge in [-0.05, 0) is 38.3 Å². The van der Waals surface area contributed by atoms with E-state index in [0.717, 1.165) is 51.8 Å². The van der Waals surface area contributed by atoms with Gasteiger partial charge >= 0.3 is 0 Å². The zero-order valence-electron chi connectivity index (χ0n) is 13.5. The van der Waals surface area contributed by atoms with Gasteiger partial charge in [-0.25, -0.2) is 0 Å². The van der Waals surface area contributed by atoms with Crippen LogP contribution in [0.2, 0.25) is 0 Å². The normalized spacial score (nSPS) is 18.3. The molecule has 1 aromatic heterocycles. The van der Waals surface area contributed by atoms with Crippen molar-refractivity contribution in [1.29, 1.82) is 0 Å². The monoisotopic (exact) mass is 308 g/mol. The SMILES string of the molecule is CCCCOCCCNC(=O)c1ccn(C2CCCNC2)n1. The fourth-order valence-corrected chi connectivity index (χ4v) is 2.54. The quantitative estimate of drug-likeness (QED) is 0.682. The van der Waals surface area contributed by atoms with E-state index in [1.54, 1.807) is 6.07 Å². The maximum atomic E-state index is 12.0. The number of hydrogen-bond acceptors (Lipinski definition) is 4. The first-order chi connectivity index (χ1) is 10.8. The van der Waals surface area contributed by atoms with E-state index in [4.69, 9.17) is 4.74 Å². The largest absolute Gasteiger partial charge is 0.381 e. The van der Waals surface area contributed by atoms with Crippen LogP contribution in [0.15, 0.2) is 12.3 Å². The summed E-state index contributed by atoms with van der Waals surface area (Å²) in [7, 11) is 0. The van der Waals surface area contributed by atoms with Crippen molar-refractivity contribution in [2.75, 3.05) is 32.8 Å². The summed E-state index contributed by atoms with van der Waals surface area (Å²) >= 11 is 0. The summed E-state index contributed by atoms with van der Waals surface area (Å²) in [4.78, 5) is 12.0. The second-order valence-electron chi connectivity index (χ2n) is 5.76. The second kappa shape index (κ2) is 9.58. The first-order valence-electron chi connectivity index (χ1n) is 8.43. The van der Waals surface area contributed by atoms with Crippen molar-refractivity contribution >= 4 is 5.91 Å². The van der Waals surface area contributed by atoms with E-state index in [1.165, 1.54) is 0 Å². The van der Waals surface area contributed by atoms with Gasteiger partial charge in [-0.2, -0.15) is 5.10 Å². The molecule has 0 radical (unpaired) electrons. The van der Waals surface area contributed by atoms with Crippen molar-refractivity contribution in [3.63, 3.8) is 0 Å². The minimum atomic E-state index is -0.101. The van der Waals surface area contributed by atoms with Gasteiger partial charge < -0.3 is 15.4 Å². The molecule has 0 spiro atoms. The van der Waals surface area contributed by atoms with Crippen molar-refractivity contribution in [2.45, 2.75) is 45.1 Å². The van der Waals surface area contributed by atoms with Gasteiger partial charge in [0.25, 0.3) is 5.91 Å². The first kappa shape index (κ1) is 17.0. The number of ether oxygens (including phenoxy) is 1. The van der Waals surface area contributed by atoms with Crippen LogP contribution in [-0.2, 0) is 4.74 Å². The Morgan fingerprint density at radius 1 is 1.50 bits per heavy atom. The zero-order chi connectivity index (χ0) is 15.6. The molecule has 2 N–H and O–H groups in total. The average Bonchev–Trinajstić information content (AvgIpc) is 3.05. The summed E-state index contributed by atoms with van der Waals surface area (Å²) in [5.41, 5.74) is 0.498. The molecule has 1 amide bonds. The molecule has 1 aliphatic rings. The number of hydrogen-bond donors (Lipinski definition) is 2. The molecule has 1 aromatic rings. The Labute approximate surface area is 132 Å². The van der Waals surface area contributed by atoms with Gasteiger partial charge in [-0.3, -0.25) is 9.48 Å². The molecule has 124 valence electrons. The van der Waals surface area contributed by atoms with Gasteiger partial charge in [0.05, 0.1) is 6.04 Å². The van der Waals surface area contributed by atoms with Gasteiger partial charge in [0, 0.05) is 32.5 Å². The predicted molar refractivity (Wildman–Crippen MR) is 86.0 cm³/mol. The van der Waals surface area contributed by atoms with Crippen LogP contribution in [-0.4, -0.2) is 48.5 Å². The molecular formula is C16H28N4O2. The van der Waals surface area contributed by atoms with Gasteiger partial charge in [-0.1, -0.05) is 13.3 Å². The molecular weight excluding hydrogens is 280 g/mol. The molecule has 0 aromatic carbocycles. The molecule has 2 heterocycles. The third-order valence-electron chi connectivity index (χ3n) is 3.88. The summed E-state index contributed by atoms with van der Waals surface area (Å²) in [5.74, 6) is -0.101. The molecule has 1 saturated heterocycles. The lowest BCUT2D eigenvalue weighted by molar-refractivity contribution is 0.0934. The third kappa shape index (κ3) is 5.42. The Morgan fingerprint density at radius 2 is 2.36 bits per heavy atom. The number of carbonyl (C=O) groups is 1. The van der Waals surface area contributed by atoms with E-state index in [9.17, 15) is 4.79 Å². The molecule has 6 heteroatoms. The van der Waals surface area contributed by atoms with Crippen LogP contribution in [0.1, 0.15) is 55.6 Å². The molecule has 2 rings (SSSR count). The van der Waals surface area contributed by atoms with Crippen LogP contribution in [0, 0.1) is 0 Å². The van der Waals surface area contributed by atoms with Crippen molar-refractivity contribution < 1.29 is 9.53 Å². The van der Waals surface area contributed by atoms with Crippen LogP contribution in [0.4, 0.5) is 0 Å². The molecule has 0 bridgehead atoms. The number of nitrogens with one attached hydrogen (secondary N) is 2. The summed E-state index contributed by atoms with van der Waals surface area (Å²) < 4.78 is 7.38. The van der Waals surface area contributed by atoms with Crippen molar-refractivity contribution in [1.82, 2.24) is 20.4 Å². The smallest absolute Gasteiger partial charge is 0.271 e. The number of aromatic nitrogens is 2. The lowest BCUT2D eigenvalue weighted by Gasteiger charge is -2.22. The Balaban J connectivity index is 1.66. The average molecular weight is 308 g/mol. The summed E-state index contributed by atoms with van der Waals surface area (Å²) in [5, 5.41) is 10.7. The highest BCUT2D eigenvalue weighted by atomic mass is 16.5. The van der Waals surface area contributed by atoms with Crippen LogP contribution in [0.25, 0.3) is 0 Å². The van der Waals surface area contributed by atoms with Crippen LogP contribution >= 0.6 is 0 Å². The number of rotatable bonds is 9. The minimum Gasteiger partial charge on any atom is -0.381 e. The number of unbranched alkanes of at least 4 members (excludes halogenated alkanes) is 1. The molecule has 1 fully saturated rings. The highest BCUT2D eigenvalue weighted by Gasteiger charge is 2.17. The predicted octanol–water partition coefficient (Wildman–Crippen LogP) is 1.74. The second-order valence-corrected chi connectivity index (χ2v) is 5.76. The third-order valence-corrected chi connectivity index (χ3v) is 3.88. The van der Waals surface area contributed by atoms with Crippen molar-refractivity contribution in [2.24, 2.45) is 0 Å². The summed E-state index contributed by atoms with van der Waals surface area (Å²) in [6.45, 7) is 6.28. The Morgan fingerprint density at radius 3 is 3.14 bits per heavy atom. The molecule has 0 saturated carbocycles. The number of piperidine rings is 1. The number of amides is 1. The van der Waals surface area contributed by atoms with Gasteiger partial charge in [0.1, 0.15) is 5.69 Å². The van der Waals surface area contributed by atoms with Crippen molar-refractivity contribution in [3.05, 3.63) is 18.0 Å². The first-order valence-corrected chi connectivity index (χ1v) is 8.43. The Hall–Kier alpha value is -1.40. The van der Waals surface area contributed by atoms with E-state index in [1.807, 2.05) is 10.9 Å². The summed E-state index contributed by atoms with van der Waals surface area (Å²) in [6.07, 6.45) is 7.26. The summed E-state index contributed by atoms with van der Waals surface area (Å²) in [6, 6.07) is 2.16. The number of nitrogens with zero attached hydrogens (tertiary/aromatic N) is 2. The van der Waals surface area contributed by atoms with E-state index in [2.05, 4.69) is 22.7 Å². The maximum Gasteiger partial charge on any atom is 0.271 e. The molecule has 1 atom stereocenters. The molecule has 0 aliphatic carbocycles. The van der Waals surface area contributed by atoms with Gasteiger partial charge in [0.2, 0.25) is 0 Å². The fourth-order valence-electron chi connectivity index (χ4n) is 2.54. The van der Waals surface area contributed by atoms with Crippen molar-refractivity contribution in [3.8, 4) is 0 Å². The van der Waals surface area contributed by atoms with Crippen LogP contribution in [0.3, 0.4) is 0 Å². The highest BCUT2D eigenvalue weighted by Crippen LogP contribution is 2.15. The fraction of sp³-hybridized carbons (Fsp3) is 0.750. The standard InChI is InChI=1S/C16H28N4O2/c1-2-3-11-22-12-5-9-18-16(21)15-7-10-20(19-15)14-6-4-8-17-13-14/h7,10,14,17H,2-6,8-9,11-13H2,1H3,(H,18,21). The van der Waals surface area contributed by atoms with E-state index < -0.39 is 0 Å². The highest BCUT2D eigenvalue weighted by molar-refractivity contribution is 5.92.